The summed E-state index contributed by atoms with van der Waals surface area (Å²) in [5, 5.41) is 0. The van der Waals surface area contributed by atoms with E-state index in [9.17, 15) is 9.59 Å². The molecule has 1 saturated carbocycles. The third-order valence-corrected chi connectivity index (χ3v) is 5.85. The highest BCUT2D eigenvalue weighted by Gasteiger charge is 2.37. The molecule has 0 radical (unpaired) electrons. The number of carbonyl (C=O) groups excluding carboxylic acids is 2. The van der Waals surface area contributed by atoms with E-state index in [1.165, 1.54) is 0 Å². The molecule has 0 bridgehead atoms. The third kappa shape index (κ3) is 3.21. The molecule has 2 aromatic carbocycles. The Kier molecular flexibility index (Phi) is 4.75. The van der Waals surface area contributed by atoms with Crippen LogP contribution < -0.4 is 9.80 Å². The highest BCUT2D eigenvalue weighted by atomic mass is 16.2. The van der Waals surface area contributed by atoms with Crippen LogP contribution in [-0.4, -0.2) is 31.1 Å². The number of rotatable bonds is 3. The van der Waals surface area contributed by atoms with Crippen LogP contribution in [0.15, 0.2) is 47.5 Å². The first-order valence-electron chi connectivity index (χ1n) is 9.77. The van der Waals surface area contributed by atoms with Gasteiger partial charge in [-0.1, -0.05) is 18.2 Å². The van der Waals surface area contributed by atoms with Crippen molar-refractivity contribution in [2.75, 3.05) is 23.4 Å². The maximum atomic E-state index is 13.4. The zero-order valence-electron chi connectivity index (χ0n) is 16.6. The number of nitrogens with zero attached hydrogens (tertiary/aromatic N) is 3. The van der Waals surface area contributed by atoms with Crippen LogP contribution in [0.3, 0.4) is 0 Å². The number of aliphatic imine (C=N–C) groups is 1. The van der Waals surface area contributed by atoms with E-state index in [0.717, 1.165) is 53.2 Å². The first kappa shape index (κ1) is 18.4. The smallest absolute Gasteiger partial charge is 0.246 e. The fourth-order valence-electron chi connectivity index (χ4n) is 3.98. The average molecular weight is 375 g/mol. The Morgan fingerprint density at radius 1 is 1.18 bits per heavy atom. The number of benzene rings is 2. The van der Waals surface area contributed by atoms with E-state index in [1.54, 1.807) is 16.8 Å². The van der Waals surface area contributed by atoms with Gasteiger partial charge in [-0.2, -0.15) is 0 Å². The average Bonchev–Trinajstić information content (AvgIpc) is 3.13. The summed E-state index contributed by atoms with van der Waals surface area (Å²) in [5.41, 5.74) is 5.54. The molecule has 1 atom stereocenters. The molecule has 5 heteroatoms. The van der Waals surface area contributed by atoms with Crippen LogP contribution in [0.5, 0.6) is 0 Å². The zero-order chi connectivity index (χ0) is 19.8. The third-order valence-electron chi connectivity index (χ3n) is 5.85. The Morgan fingerprint density at radius 2 is 1.89 bits per heavy atom. The number of amides is 2. The Morgan fingerprint density at radius 3 is 2.64 bits per heavy atom. The van der Waals surface area contributed by atoms with Crippen LogP contribution in [0.4, 0.5) is 17.1 Å². The highest BCUT2D eigenvalue weighted by Crippen LogP contribution is 2.39. The van der Waals surface area contributed by atoms with E-state index in [1.807, 2.05) is 56.3 Å². The molecule has 144 valence electrons. The predicted molar refractivity (Wildman–Crippen MR) is 113 cm³/mol. The van der Waals surface area contributed by atoms with Crippen molar-refractivity contribution in [3.05, 3.63) is 53.6 Å². The lowest BCUT2D eigenvalue weighted by Crippen LogP contribution is -2.44. The van der Waals surface area contributed by atoms with Crippen LogP contribution in [0.2, 0.25) is 0 Å². The fourth-order valence-corrected chi connectivity index (χ4v) is 3.98. The highest BCUT2D eigenvalue weighted by molar-refractivity contribution is 6.17. The Balaban J connectivity index is 1.71. The second kappa shape index (κ2) is 7.23. The molecule has 1 fully saturated rings. The van der Waals surface area contributed by atoms with Crippen molar-refractivity contribution >= 4 is 34.6 Å². The van der Waals surface area contributed by atoms with Crippen molar-refractivity contribution < 1.29 is 9.59 Å². The van der Waals surface area contributed by atoms with Crippen molar-refractivity contribution in [3.8, 4) is 0 Å². The topological polar surface area (TPSA) is 53.0 Å². The van der Waals surface area contributed by atoms with E-state index in [4.69, 9.17) is 4.99 Å². The number of aryl methyl sites for hydroxylation is 2. The maximum absolute atomic E-state index is 13.4. The van der Waals surface area contributed by atoms with Gasteiger partial charge in [0.25, 0.3) is 0 Å². The molecule has 2 aromatic rings. The van der Waals surface area contributed by atoms with Gasteiger partial charge in [0.05, 0.1) is 17.3 Å². The molecule has 2 amide bonds. The number of para-hydroxylation sites is 1. The summed E-state index contributed by atoms with van der Waals surface area (Å²) in [4.78, 5) is 34.5. The summed E-state index contributed by atoms with van der Waals surface area (Å²) < 4.78 is 0. The molecule has 0 aromatic heterocycles. The van der Waals surface area contributed by atoms with Gasteiger partial charge in [-0.3, -0.25) is 14.6 Å². The van der Waals surface area contributed by atoms with Gasteiger partial charge >= 0.3 is 0 Å². The minimum absolute atomic E-state index is 0.00642. The summed E-state index contributed by atoms with van der Waals surface area (Å²) in [5.74, 6) is -0.332. The summed E-state index contributed by atoms with van der Waals surface area (Å²) in [6.45, 7) is 4.08. The molecular weight excluding hydrogens is 350 g/mol. The number of anilines is 2. The van der Waals surface area contributed by atoms with Crippen LogP contribution >= 0.6 is 0 Å². The van der Waals surface area contributed by atoms with E-state index < -0.39 is 0 Å². The van der Waals surface area contributed by atoms with Crippen molar-refractivity contribution in [1.29, 1.82) is 0 Å². The van der Waals surface area contributed by atoms with Gasteiger partial charge in [0.1, 0.15) is 6.54 Å². The molecule has 0 spiro atoms. The zero-order valence-corrected chi connectivity index (χ0v) is 16.6. The number of hydrogen-bond acceptors (Lipinski definition) is 3. The number of fused-ring (bicyclic) bond motifs is 2. The van der Waals surface area contributed by atoms with Crippen LogP contribution in [0.1, 0.15) is 30.4 Å². The second-order valence-corrected chi connectivity index (χ2v) is 7.69. The first-order chi connectivity index (χ1) is 13.5. The molecule has 28 heavy (non-hydrogen) atoms. The molecule has 4 rings (SSSR count). The minimum atomic E-state index is -0.206. The SMILES string of the molecule is Cc1cc2c(cc1C)N(CC(=O)N(C)c1ccccc1)C(=O)[C@H]1CCCC1=N2. The summed E-state index contributed by atoms with van der Waals surface area (Å²) in [6.07, 6.45) is 2.64. The Hall–Kier alpha value is -2.95. The van der Waals surface area contributed by atoms with Gasteiger partial charge in [0.2, 0.25) is 11.8 Å². The lowest BCUT2D eigenvalue weighted by atomic mass is 10.0. The van der Waals surface area contributed by atoms with Gasteiger partial charge in [-0.15, -0.1) is 0 Å². The van der Waals surface area contributed by atoms with Crippen molar-refractivity contribution in [3.63, 3.8) is 0 Å². The molecule has 0 unspecified atom stereocenters. The molecular formula is C23H25N3O2. The van der Waals surface area contributed by atoms with Crippen molar-refractivity contribution in [2.45, 2.75) is 33.1 Å². The van der Waals surface area contributed by atoms with Gasteiger partial charge in [-0.25, -0.2) is 0 Å². The molecule has 0 N–H and O–H groups in total. The van der Waals surface area contributed by atoms with Crippen LogP contribution in [-0.2, 0) is 9.59 Å². The number of carbonyl (C=O) groups is 2. The fraction of sp³-hybridized carbons (Fsp3) is 0.348. The molecule has 1 heterocycles. The molecule has 0 saturated heterocycles. The quantitative estimate of drug-likeness (QED) is 0.808. The van der Waals surface area contributed by atoms with E-state index >= 15 is 0 Å². The van der Waals surface area contributed by atoms with E-state index in [0.29, 0.717) is 0 Å². The van der Waals surface area contributed by atoms with Crippen molar-refractivity contribution in [1.82, 2.24) is 0 Å². The van der Waals surface area contributed by atoms with Gasteiger partial charge in [0, 0.05) is 18.4 Å². The minimum Gasteiger partial charge on any atom is -0.314 e. The molecule has 5 nitrogen and oxygen atoms in total. The van der Waals surface area contributed by atoms with Crippen LogP contribution in [0, 0.1) is 19.8 Å². The standard InChI is InChI=1S/C23H25N3O2/c1-15-12-20-21(13-16(15)2)26(23(28)18-10-7-11-19(18)24-20)14-22(27)25(3)17-8-5-4-6-9-17/h4-6,8-9,12-13,18H,7,10-11,14H2,1-3H3/t18-/m0/s1. The van der Waals surface area contributed by atoms with E-state index in [-0.39, 0.29) is 24.3 Å². The largest absolute Gasteiger partial charge is 0.314 e. The first-order valence-corrected chi connectivity index (χ1v) is 9.77. The number of hydrogen-bond donors (Lipinski definition) is 0. The van der Waals surface area contributed by atoms with Gasteiger partial charge < -0.3 is 9.80 Å². The lowest BCUT2D eigenvalue weighted by molar-refractivity contribution is -0.123. The molecule has 1 aliphatic heterocycles. The predicted octanol–water partition coefficient (Wildman–Crippen LogP) is 4.19. The Bertz CT molecular complexity index is 965. The summed E-state index contributed by atoms with van der Waals surface area (Å²) in [6, 6.07) is 13.5. The monoisotopic (exact) mass is 375 g/mol. The van der Waals surface area contributed by atoms with Crippen LogP contribution in [0.25, 0.3) is 0 Å². The van der Waals surface area contributed by atoms with E-state index in [2.05, 4.69) is 0 Å². The number of likely N-dealkylation sites (N-methyl/N-ethyl adjacent to an activating group) is 1. The second-order valence-electron chi connectivity index (χ2n) is 7.69. The molecule has 1 aliphatic carbocycles. The lowest BCUT2D eigenvalue weighted by Gasteiger charge is -2.27. The van der Waals surface area contributed by atoms with Crippen molar-refractivity contribution in [2.24, 2.45) is 10.9 Å². The maximum Gasteiger partial charge on any atom is 0.246 e. The summed E-state index contributed by atoms with van der Waals surface area (Å²) in [7, 11) is 1.75. The normalized spacial score (nSPS) is 18.2. The molecule has 2 aliphatic rings. The van der Waals surface area contributed by atoms with Gasteiger partial charge in [-0.05, 0) is 68.5 Å². The summed E-state index contributed by atoms with van der Waals surface area (Å²) >= 11 is 0. The van der Waals surface area contributed by atoms with Gasteiger partial charge in [0.15, 0.2) is 0 Å². The Labute approximate surface area is 165 Å².